The minimum absolute atomic E-state index is 0.140. The topological polar surface area (TPSA) is 77.3 Å². The van der Waals surface area contributed by atoms with Gasteiger partial charge in [-0.3, -0.25) is 14.8 Å². The fraction of sp³-hybridized carbons (Fsp3) is 0.211. The zero-order chi connectivity index (χ0) is 17.1. The van der Waals surface area contributed by atoms with E-state index in [1.54, 1.807) is 24.9 Å². The number of amides is 1. The SMILES string of the molecule is O=C(NCc1nccnc1-c1ccoc1)[C@H]1CCc2ccccc2O1. The molecule has 3 aromatic rings. The van der Waals surface area contributed by atoms with Crippen molar-refractivity contribution >= 4 is 5.91 Å². The number of para-hydroxylation sites is 1. The predicted molar refractivity (Wildman–Crippen MR) is 90.8 cm³/mol. The molecule has 2 aromatic heterocycles. The number of carbonyl (C=O) groups is 1. The molecule has 1 N–H and O–H groups in total. The summed E-state index contributed by atoms with van der Waals surface area (Å²) in [7, 11) is 0. The summed E-state index contributed by atoms with van der Waals surface area (Å²) in [6.07, 6.45) is 7.44. The first-order valence-corrected chi connectivity index (χ1v) is 8.16. The molecule has 1 aliphatic heterocycles. The largest absolute Gasteiger partial charge is 0.480 e. The van der Waals surface area contributed by atoms with Gasteiger partial charge in [-0.2, -0.15) is 0 Å². The van der Waals surface area contributed by atoms with Gasteiger partial charge in [0.05, 0.1) is 30.5 Å². The van der Waals surface area contributed by atoms with Crippen molar-refractivity contribution < 1.29 is 13.9 Å². The Balaban J connectivity index is 1.44. The fourth-order valence-corrected chi connectivity index (χ4v) is 2.93. The molecule has 1 amide bonds. The number of benzene rings is 1. The van der Waals surface area contributed by atoms with Crippen molar-refractivity contribution in [3.05, 3.63) is 66.5 Å². The van der Waals surface area contributed by atoms with Crippen LogP contribution in [0.2, 0.25) is 0 Å². The molecule has 0 saturated carbocycles. The van der Waals surface area contributed by atoms with Gasteiger partial charge in [-0.05, 0) is 30.5 Å². The Morgan fingerprint density at radius 3 is 2.96 bits per heavy atom. The van der Waals surface area contributed by atoms with Gasteiger partial charge < -0.3 is 14.5 Å². The molecule has 0 bridgehead atoms. The zero-order valence-corrected chi connectivity index (χ0v) is 13.5. The molecular formula is C19H17N3O3. The Hall–Kier alpha value is -3.15. The van der Waals surface area contributed by atoms with Gasteiger partial charge in [0, 0.05) is 18.0 Å². The van der Waals surface area contributed by atoms with Gasteiger partial charge in [0.2, 0.25) is 0 Å². The van der Waals surface area contributed by atoms with Crippen LogP contribution in [0.25, 0.3) is 11.3 Å². The van der Waals surface area contributed by atoms with E-state index < -0.39 is 6.10 Å². The number of aromatic nitrogens is 2. The molecule has 0 radical (unpaired) electrons. The maximum atomic E-state index is 12.5. The van der Waals surface area contributed by atoms with Crippen molar-refractivity contribution in [2.45, 2.75) is 25.5 Å². The maximum absolute atomic E-state index is 12.5. The average molecular weight is 335 g/mol. The molecule has 0 unspecified atom stereocenters. The summed E-state index contributed by atoms with van der Waals surface area (Å²) in [5.74, 6) is 0.644. The van der Waals surface area contributed by atoms with Crippen LogP contribution in [0.5, 0.6) is 5.75 Å². The maximum Gasteiger partial charge on any atom is 0.261 e. The van der Waals surface area contributed by atoms with Crippen LogP contribution in [0.4, 0.5) is 0 Å². The Labute approximate surface area is 144 Å². The van der Waals surface area contributed by atoms with Crippen molar-refractivity contribution in [2.24, 2.45) is 0 Å². The number of fused-ring (bicyclic) bond motifs is 1. The van der Waals surface area contributed by atoms with Gasteiger partial charge in [-0.15, -0.1) is 0 Å². The first-order valence-electron chi connectivity index (χ1n) is 8.16. The van der Waals surface area contributed by atoms with Crippen LogP contribution in [0, 0.1) is 0 Å². The van der Waals surface area contributed by atoms with Crippen LogP contribution in [0.15, 0.2) is 59.7 Å². The van der Waals surface area contributed by atoms with E-state index >= 15 is 0 Å². The number of furan rings is 1. The highest BCUT2D eigenvalue weighted by Gasteiger charge is 2.26. The average Bonchev–Trinajstić information content (AvgIpc) is 3.20. The minimum atomic E-state index is -0.482. The summed E-state index contributed by atoms with van der Waals surface area (Å²) >= 11 is 0. The van der Waals surface area contributed by atoms with Gasteiger partial charge >= 0.3 is 0 Å². The van der Waals surface area contributed by atoms with E-state index in [1.807, 2.05) is 30.3 Å². The molecule has 3 heterocycles. The summed E-state index contributed by atoms with van der Waals surface area (Å²) < 4.78 is 10.9. The van der Waals surface area contributed by atoms with Crippen molar-refractivity contribution in [3.63, 3.8) is 0 Å². The summed E-state index contributed by atoms with van der Waals surface area (Å²) in [5, 5.41) is 2.90. The molecule has 4 rings (SSSR count). The molecule has 126 valence electrons. The molecule has 1 aromatic carbocycles. The first kappa shape index (κ1) is 15.4. The number of carbonyl (C=O) groups excluding carboxylic acids is 1. The standard InChI is InChI=1S/C19H17N3O3/c23-19(17-6-5-13-3-1-2-4-16(13)25-17)22-11-15-18(21-9-8-20-15)14-7-10-24-12-14/h1-4,7-10,12,17H,5-6,11H2,(H,22,23)/t17-/m1/s1. The third-order valence-corrected chi connectivity index (χ3v) is 4.21. The van der Waals surface area contributed by atoms with E-state index in [2.05, 4.69) is 15.3 Å². The molecule has 6 heteroatoms. The predicted octanol–water partition coefficient (Wildman–Crippen LogP) is 2.75. The summed E-state index contributed by atoms with van der Waals surface area (Å²) in [6.45, 7) is 0.286. The van der Waals surface area contributed by atoms with Gasteiger partial charge in [0.1, 0.15) is 5.75 Å². The molecule has 0 fully saturated rings. The highest BCUT2D eigenvalue weighted by molar-refractivity contribution is 5.81. The number of ether oxygens (including phenoxy) is 1. The van der Waals surface area contributed by atoms with Crippen LogP contribution < -0.4 is 10.1 Å². The molecule has 1 atom stereocenters. The van der Waals surface area contributed by atoms with Crippen LogP contribution >= 0.6 is 0 Å². The highest BCUT2D eigenvalue weighted by atomic mass is 16.5. The van der Waals surface area contributed by atoms with Crippen molar-refractivity contribution in [1.29, 1.82) is 0 Å². The number of hydrogen-bond acceptors (Lipinski definition) is 5. The molecule has 6 nitrogen and oxygen atoms in total. The normalized spacial score (nSPS) is 15.9. The van der Waals surface area contributed by atoms with E-state index in [-0.39, 0.29) is 12.5 Å². The summed E-state index contributed by atoms with van der Waals surface area (Å²) in [6, 6.07) is 9.63. The Bertz CT molecular complexity index is 877. The lowest BCUT2D eigenvalue weighted by molar-refractivity contribution is -0.128. The third kappa shape index (κ3) is 3.24. The van der Waals surface area contributed by atoms with E-state index in [9.17, 15) is 4.79 Å². The second-order valence-corrected chi connectivity index (χ2v) is 5.83. The molecule has 1 aliphatic rings. The fourth-order valence-electron chi connectivity index (χ4n) is 2.93. The third-order valence-electron chi connectivity index (χ3n) is 4.21. The van der Waals surface area contributed by atoms with E-state index in [0.717, 1.165) is 23.3 Å². The molecule has 25 heavy (non-hydrogen) atoms. The van der Waals surface area contributed by atoms with Gasteiger partial charge in [0.25, 0.3) is 5.91 Å². The van der Waals surface area contributed by atoms with Crippen LogP contribution in [0.3, 0.4) is 0 Å². The van der Waals surface area contributed by atoms with E-state index in [0.29, 0.717) is 17.8 Å². The molecule has 0 aliphatic carbocycles. The van der Waals surface area contributed by atoms with Gasteiger partial charge in [-0.25, -0.2) is 0 Å². The first-order chi connectivity index (χ1) is 12.3. The van der Waals surface area contributed by atoms with Crippen LogP contribution in [0.1, 0.15) is 17.7 Å². The molecule has 0 spiro atoms. The number of rotatable bonds is 4. The monoisotopic (exact) mass is 335 g/mol. The van der Waals surface area contributed by atoms with Crippen LogP contribution in [-0.2, 0) is 17.8 Å². The number of nitrogens with zero attached hydrogens (tertiary/aromatic N) is 2. The Kier molecular flexibility index (Phi) is 4.16. The van der Waals surface area contributed by atoms with E-state index in [1.165, 1.54) is 0 Å². The minimum Gasteiger partial charge on any atom is -0.480 e. The quantitative estimate of drug-likeness (QED) is 0.793. The second kappa shape index (κ2) is 6.76. The Morgan fingerprint density at radius 2 is 2.08 bits per heavy atom. The van der Waals surface area contributed by atoms with Gasteiger partial charge in [-0.1, -0.05) is 18.2 Å². The van der Waals surface area contributed by atoms with E-state index in [4.69, 9.17) is 9.15 Å². The molecular weight excluding hydrogens is 318 g/mol. The molecule has 0 saturated heterocycles. The summed E-state index contributed by atoms with van der Waals surface area (Å²) in [4.78, 5) is 21.1. The number of nitrogens with one attached hydrogen (secondary N) is 1. The summed E-state index contributed by atoms with van der Waals surface area (Å²) in [5.41, 5.74) is 3.36. The highest BCUT2D eigenvalue weighted by Crippen LogP contribution is 2.27. The van der Waals surface area contributed by atoms with Crippen LogP contribution in [-0.4, -0.2) is 22.0 Å². The number of hydrogen-bond donors (Lipinski definition) is 1. The van der Waals surface area contributed by atoms with Gasteiger partial charge in [0.15, 0.2) is 6.10 Å². The lowest BCUT2D eigenvalue weighted by Gasteiger charge is -2.25. The van der Waals surface area contributed by atoms with Crippen molar-refractivity contribution in [2.75, 3.05) is 0 Å². The smallest absolute Gasteiger partial charge is 0.261 e. The zero-order valence-electron chi connectivity index (χ0n) is 13.5. The lowest BCUT2D eigenvalue weighted by Crippen LogP contribution is -2.40. The lowest BCUT2D eigenvalue weighted by atomic mass is 10.0. The van der Waals surface area contributed by atoms with Crippen molar-refractivity contribution in [1.82, 2.24) is 15.3 Å². The second-order valence-electron chi connectivity index (χ2n) is 5.83. The number of aryl methyl sites for hydroxylation is 1. The Morgan fingerprint density at radius 1 is 1.20 bits per heavy atom. The van der Waals surface area contributed by atoms with Crippen molar-refractivity contribution in [3.8, 4) is 17.0 Å².